The third-order valence-electron chi connectivity index (χ3n) is 5.72. The van der Waals surface area contributed by atoms with Gasteiger partial charge in [0, 0.05) is 18.4 Å². The zero-order valence-corrected chi connectivity index (χ0v) is 20.3. The van der Waals surface area contributed by atoms with Crippen LogP contribution in [0.2, 0.25) is 0 Å². The Labute approximate surface area is 201 Å². The van der Waals surface area contributed by atoms with E-state index in [4.69, 9.17) is 25.0 Å². The fourth-order valence-corrected chi connectivity index (χ4v) is 4.61. The maximum absolute atomic E-state index is 11.2. The molecule has 4 N–H and O–H groups in total. The van der Waals surface area contributed by atoms with Crippen molar-refractivity contribution >= 4 is 41.7 Å². The van der Waals surface area contributed by atoms with Gasteiger partial charge in [-0.2, -0.15) is 0 Å². The summed E-state index contributed by atoms with van der Waals surface area (Å²) in [7, 11) is -4.65. The molecule has 4 rings (SSSR count). The lowest BCUT2D eigenvalue weighted by Gasteiger charge is -2.14. The molecule has 0 atom stereocenters. The predicted octanol–water partition coefficient (Wildman–Crippen LogP) is 4.17. The van der Waals surface area contributed by atoms with Crippen LogP contribution in [0.15, 0.2) is 41.4 Å². The molecule has 182 valence electrons. The van der Waals surface area contributed by atoms with E-state index < -0.39 is 7.82 Å². The van der Waals surface area contributed by atoms with E-state index in [0.717, 1.165) is 47.1 Å². The summed E-state index contributed by atoms with van der Waals surface area (Å²) < 4.78 is 18.1. The van der Waals surface area contributed by atoms with Crippen LogP contribution in [-0.4, -0.2) is 30.4 Å². The summed E-state index contributed by atoms with van der Waals surface area (Å²) in [5, 5.41) is 0.848. The average Bonchev–Trinajstić information content (AvgIpc) is 3.16. The van der Waals surface area contributed by atoms with E-state index in [-0.39, 0.29) is 12.3 Å². The quantitative estimate of drug-likeness (QED) is 0.178. The van der Waals surface area contributed by atoms with Gasteiger partial charge in [0.1, 0.15) is 17.1 Å². The molecule has 0 unspecified atom stereocenters. The molecule has 0 aliphatic rings. The Kier molecular flexibility index (Phi) is 7.00. The molecule has 0 fully saturated rings. The highest BCUT2D eigenvalue weighted by Gasteiger charge is 2.20. The van der Waals surface area contributed by atoms with Crippen molar-refractivity contribution in [1.82, 2.24) is 14.5 Å². The lowest BCUT2D eigenvalue weighted by Crippen LogP contribution is -2.06. The van der Waals surface area contributed by atoms with Crippen molar-refractivity contribution in [1.29, 1.82) is 0 Å². The molecule has 35 heavy (non-hydrogen) atoms. The number of nitrogen functional groups attached to an aromatic ring is 1. The number of phosphoric ester groups is 1. The van der Waals surface area contributed by atoms with Crippen LogP contribution in [0, 0.1) is 6.92 Å². The Morgan fingerprint density at radius 3 is 2.63 bits per heavy atom. The Morgan fingerprint density at radius 1 is 1.17 bits per heavy atom. The molecule has 10 nitrogen and oxygen atoms in total. The number of aromatic nitrogens is 3. The van der Waals surface area contributed by atoms with E-state index in [2.05, 4.69) is 21.5 Å². The van der Waals surface area contributed by atoms with Crippen LogP contribution in [0.5, 0.6) is 5.75 Å². The summed E-state index contributed by atoms with van der Waals surface area (Å²) in [6, 6.07) is 10.8. The lowest BCUT2D eigenvalue weighted by atomic mass is 10.1. The van der Waals surface area contributed by atoms with Crippen LogP contribution < -0.4 is 10.3 Å². The summed E-state index contributed by atoms with van der Waals surface area (Å²) in [6.45, 7) is 4.51. The van der Waals surface area contributed by atoms with Gasteiger partial charge in [-0.25, -0.2) is 24.3 Å². The number of rotatable bonds is 9. The molecule has 2 aromatic carbocycles. The first-order valence-corrected chi connectivity index (χ1v) is 12.7. The number of carbonyl (C=O) groups excluding carboxylic acids is 1. The minimum Gasteiger partial charge on any atom is -0.404 e. The van der Waals surface area contributed by atoms with Crippen molar-refractivity contribution in [2.45, 2.75) is 46.2 Å². The molecular weight excluding hydrogens is 469 g/mol. The number of aryl methyl sites for hydroxylation is 2. The topological polar surface area (TPSA) is 153 Å². The Hall–Kier alpha value is -3.55. The van der Waals surface area contributed by atoms with Gasteiger partial charge in [-0.05, 0) is 48.2 Å². The van der Waals surface area contributed by atoms with Crippen molar-refractivity contribution in [2.24, 2.45) is 4.99 Å². The van der Waals surface area contributed by atoms with E-state index in [0.29, 0.717) is 29.0 Å². The summed E-state index contributed by atoms with van der Waals surface area (Å²) in [5.41, 5.74) is 10.8. The Bertz CT molecular complexity index is 1500. The number of isocyanates is 1. The summed E-state index contributed by atoms with van der Waals surface area (Å²) in [5.74, 6) is 1.33. The van der Waals surface area contributed by atoms with Gasteiger partial charge in [0.2, 0.25) is 6.08 Å². The fraction of sp³-hybridized carbons (Fsp3) is 0.292. The van der Waals surface area contributed by atoms with Crippen molar-refractivity contribution in [2.75, 3.05) is 5.73 Å². The monoisotopic (exact) mass is 495 g/mol. The van der Waals surface area contributed by atoms with E-state index in [9.17, 15) is 9.36 Å². The van der Waals surface area contributed by atoms with Crippen molar-refractivity contribution in [3.05, 3.63) is 58.9 Å². The van der Waals surface area contributed by atoms with Crippen LogP contribution in [0.1, 0.15) is 42.3 Å². The first kappa shape index (κ1) is 24.6. The average molecular weight is 495 g/mol. The molecule has 11 heteroatoms. The zero-order chi connectivity index (χ0) is 25.2. The van der Waals surface area contributed by atoms with Crippen molar-refractivity contribution in [3.63, 3.8) is 0 Å². The molecule has 0 radical (unpaired) electrons. The number of imidazole rings is 1. The number of phosphoric acid groups is 1. The van der Waals surface area contributed by atoms with E-state index in [1.54, 1.807) is 25.1 Å². The highest BCUT2D eigenvalue weighted by molar-refractivity contribution is 7.46. The Morgan fingerprint density at radius 2 is 1.94 bits per heavy atom. The highest BCUT2D eigenvalue weighted by Crippen LogP contribution is 2.39. The minimum absolute atomic E-state index is 0.128. The van der Waals surface area contributed by atoms with Gasteiger partial charge in [-0.15, -0.1) is 0 Å². The zero-order valence-electron chi connectivity index (χ0n) is 19.4. The standard InChI is InChI=1S/C24H26N5O5P/c1-3-4-5-21-28-22-23(18-11-16(12-26-14-30)6-8-19(18)27-24(22)25)29(21)13-17-7-9-20(15(2)10-17)34-35(31,32)33/h6-11H,3-5,12-13H2,1-2H3,(H2,25,27)(H2,31,32,33). The molecule has 0 saturated heterocycles. The van der Waals surface area contributed by atoms with Gasteiger partial charge >= 0.3 is 7.82 Å². The van der Waals surface area contributed by atoms with E-state index >= 15 is 0 Å². The normalized spacial score (nSPS) is 11.7. The van der Waals surface area contributed by atoms with E-state index in [1.807, 2.05) is 24.3 Å². The number of benzene rings is 2. The summed E-state index contributed by atoms with van der Waals surface area (Å²) >= 11 is 0. The largest absolute Gasteiger partial charge is 0.524 e. The number of nitrogens with two attached hydrogens (primary N) is 1. The molecule has 2 heterocycles. The van der Waals surface area contributed by atoms with Crippen LogP contribution >= 0.6 is 7.82 Å². The van der Waals surface area contributed by atoms with Crippen LogP contribution in [0.3, 0.4) is 0 Å². The van der Waals surface area contributed by atoms with Gasteiger partial charge in [-0.1, -0.05) is 31.5 Å². The maximum Gasteiger partial charge on any atom is 0.524 e. The molecular formula is C24H26N5O5P. The number of unbranched alkanes of at least 4 members (excludes halogenated alkanes) is 1. The fourth-order valence-electron chi connectivity index (χ4n) is 4.14. The second-order valence-corrected chi connectivity index (χ2v) is 9.52. The molecule has 0 aliphatic heterocycles. The van der Waals surface area contributed by atoms with Gasteiger partial charge in [0.15, 0.2) is 5.82 Å². The molecule has 0 spiro atoms. The van der Waals surface area contributed by atoms with Crippen LogP contribution in [0.4, 0.5) is 5.82 Å². The van der Waals surface area contributed by atoms with Gasteiger partial charge in [-0.3, -0.25) is 9.79 Å². The van der Waals surface area contributed by atoms with Gasteiger partial charge < -0.3 is 14.8 Å². The molecule has 0 saturated carbocycles. The van der Waals surface area contributed by atoms with Crippen LogP contribution in [0.25, 0.3) is 21.9 Å². The number of pyridine rings is 1. The number of anilines is 1. The first-order chi connectivity index (χ1) is 16.7. The summed E-state index contributed by atoms with van der Waals surface area (Å²) in [4.78, 5) is 41.9. The second kappa shape index (κ2) is 9.98. The maximum atomic E-state index is 11.2. The lowest BCUT2D eigenvalue weighted by molar-refractivity contribution is 0.282. The first-order valence-electron chi connectivity index (χ1n) is 11.2. The SMILES string of the molecule is CCCCc1nc2c(N)nc3ccc(CN=C=O)cc3c2n1Cc1ccc(OP(=O)(O)O)c(C)c1. The second-order valence-electron chi connectivity index (χ2n) is 8.35. The molecule has 0 aliphatic carbocycles. The number of hydrogen-bond donors (Lipinski definition) is 3. The smallest absolute Gasteiger partial charge is 0.404 e. The minimum atomic E-state index is -4.65. The summed E-state index contributed by atoms with van der Waals surface area (Å²) in [6.07, 6.45) is 4.26. The number of nitrogens with zero attached hydrogens (tertiary/aromatic N) is 4. The predicted molar refractivity (Wildman–Crippen MR) is 133 cm³/mol. The molecule has 4 aromatic rings. The third kappa shape index (κ3) is 5.42. The Balaban J connectivity index is 1.88. The third-order valence-corrected chi connectivity index (χ3v) is 6.16. The molecule has 0 amide bonds. The number of aliphatic imine (C=N–C) groups is 1. The van der Waals surface area contributed by atoms with Gasteiger partial charge in [0.25, 0.3) is 0 Å². The molecule has 0 bridgehead atoms. The number of hydrogen-bond acceptors (Lipinski definition) is 7. The van der Waals surface area contributed by atoms with E-state index in [1.165, 1.54) is 0 Å². The van der Waals surface area contributed by atoms with Gasteiger partial charge in [0.05, 0.1) is 17.6 Å². The molecule has 2 aromatic heterocycles. The highest BCUT2D eigenvalue weighted by atomic mass is 31.2. The van der Waals surface area contributed by atoms with Crippen molar-refractivity contribution < 1.29 is 23.7 Å². The van der Waals surface area contributed by atoms with Crippen molar-refractivity contribution in [3.8, 4) is 5.75 Å². The van der Waals surface area contributed by atoms with Crippen LogP contribution in [-0.2, 0) is 28.9 Å². The number of fused-ring (bicyclic) bond motifs is 3.